The number of para-hydroxylation sites is 1. The number of aliphatic hydroxyl groups is 1. The van der Waals surface area contributed by atoms with E-state index in [0.29, 0.717) is 0 Å². The molecule has 0 aliphatic rings. The standard InChI is InChI=1S/C18H26N2O/c1-3-5-11-20(12-6-4-2)18-13-15(14-21)19-17-10-8-7-9-16(17)18/h7-10,13,21H,3-6,11-12,14H2,1-2H3. The van der Waals surface area contributed by atoms with E-state index in [4.69, 9.17) is 0 Å². The van der Waals surface area contributed by atoms with Crippen molar-refractivity contribution < 1.29 is 5.11 Å². The molecule has 0 bridgehead atoms. The van der Waals surface area contributed by atoms with E-state index in [9.17, 15) is 5.11 Å². The molecule has 1 N–H and O–H groups in total. The molecule has 3 nitrogen and oxygen atoms in total. The quantitative estimate of drug-likeness (QED) is 0.792. The molecule has 0 fully saturated rings. The molecule has 0 aliphatic heterocycles. The lowest BCUT2D eigenvalue weighted by atomic mass is 10.1. The second-order valence-electron chi connectivity index (χ2n) is 5.50. The maximum atomic E-state index is 9.47. The van der Waals surface area contributed by atoms with Gasteiger partial charge in [-0.05, 0) is 25.0 Å². The topological polar surface area (TPSA) is 36.4 Å². The van der Waals surface area contributed by atoms with Crippen molar-refractivity contribution in [2.45, 2.75) is 46.1 Å². The Hall–Kier alpha value is -1.61. The molecule has 1 heterocycles. The molecule has 1 aromatic heterocycles. The van der Waals surface area contributed by atoms with Gasteiger partial charge in [0.25, 0.3) is 0 Å². The highest BCUT2D eigenvalue weighted by Crippen LogP contribution is 2.27. The van der Waals surface area contributed by atoms with Crippen LogP contribution in [0.15, 0.2) is 30.3 Å². The third-order valence-electron chi connectivity index (χ3n) is 3.81. The Labute approximate surface area is 127 Å². The summed E-state index contributed by atoms with van der Waals surface area (Å²) in [6.07, 6.45) is 4.76. The Kier molecular flexibility index (Phi) is 6.00. The first-order chi connectivity index (χ1) is 10.3. The average molecular weight is 286 g/mol. The highest BCUT2D eigenvalue weighted by molar-refractivity contribution is 5.92. The van der Waals surface area contributed by atoms with Gasteiger partial charge in [0.05, 0.1) is 17.8 Å². The fourth-order valence-electron chi connectivity index (χ4n) is 2.60. The number of hydrogen-bond acceptors (Lipinski definition) is 3. The minimum absolute atomic E-state index is 0.00672. The van der Waals surface area contributed by atoms with Gasteiger partial charge in [-0.3, -0.25) is 4.98 Å². The van der Waals surface area contributed by atoms with E-state index in [0.717, 1.165) is 24.3 Å². The molecule has 0 aliphatic carbocycles. The van der Waals surface area contributed by atoms with Gasteiger partial charge in [0, 0.05) is 24.2 Å². The molecule has 114 valence electrons. The number of benzene rings is 1. The first kappa shape index (κ1) is 15.8. The molecule has 0 spiro atoms. The molecule has 0 saturated carbocycles. The van der Waals surface area contributed by atoms with Crippen LogP contribution in [-0.2, 0) is 6.61 Å². The number of rotatable bonds is 8. The van der Waals surface area contributed by atoms with E-state index < -0.39 is 0 Å². The van der Waals surface area contributed by atoms with Crippen LogP contribution in [-0.4, -0.2) is 23.2 Å². The van der Waals surface area contributed by atoms with Gasteiger partial charge in [-0.25, -0.2) is 0 Å². The molecule has 1 aromatic carbocycles. The molecule has 0 saturated heterocycles. The van der Waals surface area contributed by atoms with Crippen LogP contribution in [0.5, 0.6) is 0 Å². The minimum Gasteiger partial charge on any atom is -0.390 e. The predicted octanol–water partition coefficient (Wildman–Crippen LogP) is 4.13. The van der Waals surface area contributed by atoms with Crippen LogP contribution in [0.1, 0.15) is 45.2 Å². The van der Waals surface area contributed by atoms with Gasteiger partial charge in [-0.1, -0.05) is 44.9 Å². The van der Waals surface area contributed by atoms with E-state index >= 15 is 0 Å². The Morgan fingerprint density at radius 2 is 1.71 bits per heavy atom. The number of unbranched alkanes of at least 4 members (excludes halogenated alkanes) is 2. The molecule has 0 amide bonds. The number of fused-ring (bicyclic) bond motifs is 1. The fraction of sp³-hybridized carbons (Fsp3) is 0.500. The second-order valence-corrected chi connectivity index (χ2v) is 5.50. The Morgan fingerprint density at radius 1 is 1.05 bits per heavy atom. The molecule has 0 unspecified atom stereocenters. The van der Waals surface area contributed by atoms with Gasteiger partial charge in [-0.2, -0.15) is 0 Å². The van der Waals surface area contributed by atoms with Crippen LogP contribution in [0.3, 0.4) is 0 Å². The lowest BCUT2D eigenvalue weighted by Crippen LogP contribution is -2.26. The minimum atomic E-state index is -0.00672. The van der Waals surface area contributed by atoms with Gasteiger partial charge < -0.3 is 10.0 Å². The second kappa shape index (κ2) is 7.99. The third-order valence-corrected chi connectivity index (χ3v) is 3.81. The molecule has 0 radical (unpaired) electrons. The predicted molar refractivity (Wildman–Crippen MR) is 89.7 cm³/mol. The zero-order valence-corrected chi connectivity index (χ0v) is 13.2. The number of nitrogens with zero attached hydrogens (tertiary/aromatic N) is 2. The van der Waals surface area contributed by atoms with Crippen LogP contribution in [0, 0.1) is 0 Å². The van der Waals surface area contributed by atoms with Crippen molar-refractivity contribution in [2.24, 2.45) is 0 Å². The SMILES string of the molecule is CCCCN(CCCC)c1cc(CO)nc2ccccc12. The van der Waals surface area contributed by atoms with Gasteiger partial charge >= 0.3 is 0 Å². The van der Waals surface area contributed by atoms with E-state index in [1.54, 1.807) is 0 Å². The summed E-state index contributed by atoms with van der Waals surface area (Å²) in [5, 5.41) is 10.7. The average Bonchev–Trinajstić information content (AvgIpc) is 2.54. The van der Waals surface area contributed by atoms with Crippen molar-refractivity contribution in [3.05, 3.63) is 36.0 Å². The van der Waals surface area contributed by atoms with Gasteiger partial charge in [0.15, 0.2) is 0 Å². The largest absolute Gasteiger partial charge is 0.390 e. The normalized spacial score (nSPS) is 11.0. The zero-order chi connectivity index (χ0) is 15.1. The number of hydrogen-bond donors (Lipinski definition) is 1. The van der Waals surface area contributed by atoms with E-state index in [1.807, 2.05) is 18.2 Å². The first-order valence-corrected chi connectivity index (χ1v) is 8.04. The molecule has 2 rings (SSSR count). The van der Waals surface area contributed by atoms with Crippen LogP contribution in [0.4, 0.5) is 5.69 Å². The maximum Gasteiger partial charge on any atom is 0.0854 e. The van der Waals surface area contributed by atoms with Crippen molar-refractivity contribution >= 4 is 16.6 Å². The molecule has 0 atom stereocenters. The molecule has 2 aromatic rings. The number of aromatic nitrogens is 1. The van der Waals surface area contributed by atoms with Gasteiger partial charge in [0.2, 0.25) is 0 Å². The monoisotopic (exact) mass is 286 g/mol. The smallest absolute Gasteiger partial charge is 0.0854 e. The summed E-state index contributed by atoms with van der Waals surface area (Å²) in [5.41, 5.74) is 2.94. The summed E-state index contributed by atoms with van der Waals surface area (Å²) in [6.45, 7) is 6.57. The van der Waals surface area contributed by atoms with Crippen LogP contribution in [0.2, 0.25) is 0 Å². The van der Waals surface area contributed by atoms with Crippen molar-refractivity contribution in [2.75, 3.05) is 18.0 Å². The summed E-state index contributed by atoms with van der Waals surface area (Å²) >= 11 is 0. The van der Waals surface area contributed by atoms with Crippen molar-refractivity contribution in [1.29, 1.82) is 0 Å². The lowest BCUT2D eigenvalue weighted by Gasteiger charge is -2.26. The zero-order valence-electron chi connectivity index (χ0n) is 13.2. The molecular weight excluding hydrogens is 260 g/mol. The van der Waals surface area contributed by atoms with Crippen LogP contribution >= 0.6 is 0 Å². The Morgan fingerprint density at radius 3 is 2.33 bits per heavy atom. The lowest BCUT2D eigenvalue weighted by molar-refractivity contribution is 0.277. The number of pyridine rings is 1. The number of aliphatic hydroxyl groups excluding tert-OH is 1. The van der Waals surface area contributed by atoms with E-state index in [1.165, 1.54) is 36.8 Å². The molecule has 3 heteroatoms. The van der Waals surface area contributed by atoms with Crippen molar-refractivity contribution in [3.63, 3.8) is 0 Å². The third kappa shape index (κ3) is 3.94. The summed E-state index contributed by atoms with van der Waals surface area (Å²) in [7, 11) is 0. The van der Waals surface area contributed by atoms with Gasteiger partial charge in [-0.15, -0.1) is 0 Å². The molecule has 21 heavy (non-hydrogen) atoms. The first-order valence-electron chi connectivity index (χ1n) is 8.04. The van der Waals surface area contributed by atoms with Crippen LogP contribution < -0.4 is 4.90 Å². The van der Waals surface area contributed by atoms with Crippen molar-refractivity contribution in [3.8, 4) is 0 Å². The Balaban J connectivity index is 2.43. The van der Waals surface area contributed by atoms with Crippen LogP contribution in [0.25, 0.3) is 10.9 Å². The number of anilines is 1. The summed E-state index contributed by atoms with van der Waals surface area (Å²) in [4.78, 5) is 6.98. The highest BCUT2D eigenvalue weighted by Gasteiger charge is 2.12. The summed E-state index contributed by atoms with van der Waals surface area (Å²) in [5.74, 6) is 0. The summed E-state index contributed by atoms with van der Waals surface area (Å²) in [6, 6.07) is 10.3. The highest BCUT2D eigenvalue weighted by atomic mass is 16.3. The Bertz CT molecular complexity index is 560. The summed E-state index contributed by atoms with van der Waals surface area (Å²) < 4.78 is 0. The van der Waals surface area contributed by atoms with E-state index in [2.05, 4.69) is 35.9 Å². The van der Waals surface area contributed by atoms with E-state index in [-0.39, 0.29) is 6.61 Å². The maximum absolute atomic E-state index is 9.47. The molecular formula is C18H26N2O. The van der Waals surface area contributed by atoms with Crippen molar-refractivity contribution in [1.82, 2.24) is 4.98 Å². The fourth-order valence-corrected chi connectivity index (χ4v) is 2.60. The van der Waals surface area contributed by atoms with Gasteiger partial charge in [0.1, 0.15) is 0 Å².